The van der Waals surface area contributed by atoms with E-state index in [0.717, 1.165) is 64.2 Å². The quantitative estimate of drug-likeness (QED) is 0.667. The van der Waals surface area contributed by atoms with Gasteiger partial charge in [0.15, 0.2) is 0 Å². The van der Waals surface area contributed by atoms with Crippen molar-refractivity contribution in [1.29, 1.82) is 0 Å². The number of phosphoric ester groups is 1. The van der Waals surface area contributed by atoms with Gasteiger partial charge in [-0.25, -0.2) is 4.57 Å². The summed E-state index contributed by atoms with van der Waals surface area (Å²) in [5, 5.41) is 9.66. The second kappa shape index (κ2) is 9.14. The highest BCUT2D eigenvalue weighted by molar-refractivity contribution is 7.48. The van der Waals surface area contributed by atoms with Crippen LogP contribution in [0.2, 0.25) is 0 Å². The molecule has 0 heterocycles. The molecule has 6 heteroatoms. The van der Waals surface area contributed by atoms with Crippen molar-refractivity contribution in [2.75, 3.05) is 0 Å². The van der Waals surface area contributed by atoms with Gasteiger partial charge in [0.2, 0.25) is 0 Å². The Morgan fingerprint density at radius 2 is 0.958 bits per heavy atom. The second-order valence-electron chi connectivity index (χ2n) is 7.71. The molecule has 0 aromatic heterocycles. The van der Waals surface area contributed by atoms with Gasteiger partial charge in [0.1, 0.15) is 0 Å². The molecule has 0 aromatic rings. The van der Waals surface area contributed by atoms with E-state index in [0.29, 0.717) is 12.8 Å². The first-order valence-electron chi connectivity index (χ1n) is 9.96. The molecule has 0 bridgehead atoms. The largest absolute Gasteiger partial charge is 0.475 e. The summed E-state index contributed by atoms with van der Waals surface area (Å²) < 4.78 is 31.2. The summed E-state index contributed by atoms with van der Waals surface area (Å²) in [5.74, 6) is 0. The molecule has 3 aliphatic carbocycles. The highest BCUT2D eigenvalue weighted by atomic mass is 31.2. The summed E-state index contributed by atoms with van der Waals surface area (Å²) >= 11 is 0. The van der Waals surface area contributed by atoms with Gasteiger partial charge in [-0.1, -0.05) is 38.5 Å². The van der Waals surface area contributed by atoms with Crippen molar-refractivity contribution >= 4 is 7.82 Å². The van der Waals surface area contributed by atoms with Gasteiger partial charge in [-0.3, -0.25) is 13.6 Å². The molecule has 0 aliphatic heterocycles. The van der Waals surface area contributed by atoms with Crippen LogP contribution in [-0.4, -0.2) is 29.5 Å². The Kier molecular flexibility index (Phi) is 7.18. The zero-order valence-corrected chi connectivity index (χ0v) is 15.6. The van der Waals surface area contributed by atoms with E-state index in [-0.39, 0.29) is 24.4 Å². The molecule has 0 atom stereocenters. The Bertz CT molecular complexity index is 386. The monoisotopic (exact) mass is 360 g/mol. The maximum atomic E-state index is 13.4. The molecule has 3 fully saturated rings. The van der Waals surface area contributed by atoms with E-state index in [1.54, 1.807) is 0 Å². The predicted octanol–water partition coefficient (Wildman–Crippen LogP) is 5.11. The molecule has 0 unspecified atom stereocenters. The molecule has 3 aliphatic rings. The standard InChI is InChI=1S/C18H33O5P/c19-15-11-13-18(14-12-15)23-24(20,21-16-7-3-1-4-8-16)22-17-9-5-2-6-10-17/h15-19H,1-14H2. The third kappa shape index (κ3) is 5.81. The Balaban J connectivity index is 1.60. The molecule has 0 spiro atoms. The second-order valence-corrected chi connectivity index (χ2v) is 9.24. The lowest BCUT2D eigenvalue weighted by molar-refractivity contribution is -0.00569. The van der Waals surface area contributed by atoms with Crippen LogP contribution in [-0.2, 0) is 18.1 Å². The van der Waals surface area contributed by atoms with Crippen LogP contribution in [0.4, 0.5) is 0 Å². The fraction of sp³-hybridized carbons (Fsp3) is 1.00. The minimum atomic E-state index is -3.53. The van der Waals surface area contributed by atoms with Crippen molar-refractivity contribution in [3.8, 4) is 0 Å². The first kappa shape index (κ1) is 18.8. The van der Waals surface area contributed by atoms with Crippen molar-refractivity contribution in [2.24, 2.45) is 0 Å². The van der Waals surface area contributed by atoms with Crippen molar-refractivity contribution in [3.63, 3.8) is 0 Å². The maximum Gasteiger partial charge on any atom is 0.475 e. The van der Waals surface area contributed by atoms with Crippen LogP contribution in [0.25, 0.3) is 0 Å². The van der Waals surface area contributed by atoms with Gasteiger partial charge in [0.25, 0.3) is 0 Å². The van der Waals surface area contributed by atoms with Crippen LogP contribution in [0.1, 0.15) is 89.9 Å². The number of phosphoric acid groups is 1. The maximum absolute atomic E-state index is 13.4. The molecular weight excluding hydrogens is 327 g/mol. The van der Waals surface area contributed by atoms with Gasteiger partial charge < -0.3 is 5.11 Å². The lowest BCUT2D eigenvalue weighted by atomic mass is 9.95. The highest BCUT2D eigenvalue weighted by Crippen LogP contribution is 2.56. The zero-order valence-electron chi connectivity index (χ0n) is 14.7. The smallest absolute Gasteiger partial charge is 0.393 e. The molecule has 0 saturated heterocycles. The van der Waals surface area contributed by atoms with Crippen molar-refractivity contribution in [2.45, 2.75) is 114 Å². The third-order valence-electron chi connectivity index (χ3n) is 5.58. The van der Waals surface area contributed by atoms with E-state index in [9.17, 15) is 9.67 Å². The number of aliphatic hydroxyl groups is 1. The summed E-state index contributed by atoms with van der Waals surface area (Å²) in [6.07, 6.45) is 13.3. The van der Waals surface area contributed by atoms with E-state index in [1.807, 2.05) is 0 Å². The SMILES string of the molecule is O=P(OC1CCCCC1)(OC1CCCCC1)OC1CCC(O)CC1. The van der Waals surface area contributed by atoms with Crippen LogP contribution in [0.3, 0.4) is 0 Å². The van der Waals surface area contributed by atoms with Gasteiger partial charge in [0.05, 0.1) is 24.4 Å². The van der Waals surface area contributed by atoms with Crippen molar-refractivity contribution < 1.29 is 23.2 Å². The van der Waals surface area contributed by atoms with Crippen LogP contribution in [0, 0.1) is 0 Å². The minimum Gasteiger partial charge on any atom is -0.393 e. The Morgan fingerprint density at radius 3 is 1.38 bits per heavy atom. The predicted molar refractivity (Wildman–Crippen MR) is 92.9 cm³/mol. The molecule has 24 heavy (non-hydrogen) atoms. The lowest BCUT2D eigenvalue weighted by Crippen LogP contribution is -2.27. The molecule has 0 aromatic carbocycles. The average molecular weight is 360 g/mol. The van der Waals surface area contributed by atoms with E-state index >= 15 is 0 Å². The summed E-state index contributed by atoms with van der Waals surface area (Å²) in [6.45, 7) is 0. The summed E-state index contributed by atoms with van der Waals surface area (Å²) in [5.41, 5.74) is 0. The van der Waals surface area contributed by atoms with Gasteiger partial charge in [-0.05, 0) is 51.4 Å². The molecule has 1 N–H and O–H groups in total. The normalized spacial score (nSPS) is 31.2. The summed E-state index contributed by atoms with van der Waals surface area (Å²) in [7, 11) is -3.53. The molecule has 0 radical (unpaired) electrons. The lowest BCUT2D eigenvalue weighted by Gasteiger charge is -2.33. The van der Waals surface area contributed by atoms with Crippen LogP contribution in [0.5, 0.6) is 0 Å². The van der Waals surface area contributed by atoms with E-state index in [2.05, 4.69) is 0 Å². The van der Waals surface area contributed by atoms with Crippen molar-refractivity contribution in [1.82, 2.24) is 0 Å². The minimum absolute atomic E-state index is 0.00218. The molecule has 3 saturated carbocycles. The number of aliphatic hydroxyl groups excluding tert-OH is 1. The third-order valence-corrected chi connectivity index (χ3v) is 7.25. The topological polar surface area (TPSA) is 65.0 Å². The van der Waals surface area contributed by atoms with E-state index < -0.39 is 7.82 Å². The van der Waals surface area contributed by atoms with E-state index in [4.69, 9.17) is 13.6 Å². The number of rotatable bonds is 6. The van der Waals surface area contributed by atoms with Crippen LogP contribution in [0.15, 0.2) is 0 Å². The number of hydrogen-bond donors (Lipinski definition) is 1. The molecular formula is C18H33O5P. The highest BCUT2D eigenvalue weighted by Gasteiger charge is 2.38. The molecule has 0 amide bonds. The fourth-order valence-electron chi connectivity index (χ4n) is 4.11. The molecule has 5 nitrogen and oxygen atoms in total. The Labute approximate surface area is 146 Å². The van der Waals surface area contributed by atoms with Gasteiger partial charge in [-0.2, -0.15) is 0 Å². The van der Waals surface area contributed by atoms with Crippen molar-refractivity contribution in [3.05, 3.63) is 0 Å². The number of hydrogen-bond acceptors (Lipinski definition) is 5. The fourth-order valence-corrected chi connectivity index (χ4v) is 5.99. The Hall–Kier alpha value is 0.0700. The first-order chi connectivity index (χ1) is 11.6. The Morgan fingerprint density at radius 1 is 0.583 bits per heavy atom. The van der Waals surface area contributed by atoms with Gasteiger partial charge in [-0.15, -0.1) is 0 Å². The summed E-state index contributed by atoms with van der Waals surface area (Å²) in [4.78, 5) is 0. The average Bonchev–Trinajstić information content (AvgIpc) is 2.58. The van der Waals surface area contributed by atoms with Gasteiger partial charge in [0, 0.05) is 0 Å². The zero-order chi connectivity index (χ0) is 16.8. The molecule has 140 valence electrons. The molecule has 3 rings (SSSR count). The van der Waals surface area contributed by atoms with Crippen LogP contribution < -0.4 is 0 Å². The van der Waals surface area contributed by atoms with E-state index in [1.165, 1.54) is 12.8 Å². The van der Waals surface area contributed by atoms with Gasteiger partial charge >= 0.3 is 7.82 Å². The summed E-state index contributed by atoms with van der Waals surface area (Å²) in [6, 6.07) is 0. The first-order valence-corrected chi connectivity index (χ1v) is 11.4. The van der Waals surface area contributed by atoms with Crippen LogP contribution >= 0.6 is 7.82 Å².